The van der Waals surface area contributed by atoms with Crippen molar-refractivity contribution in [1.29, 1.82) is 0 Å². The van der Waals surface area contributed by atoms with Crippen molar-refractivity contribution in [3.05, 3.63) is 29.8 Å². The van der Waals surface area contributed by atoms with Crippen molar-refractivity contribution < 1.29 is 14.3 Å². The molecule has 0 N–H and O–H groups in total. The fourth-order valence-corrected chi connectivity index (χ4v) is 3.47. The number of likely N-dealkylation sites (tertiary alicyclic amines) is 1. The zero-order valence-electron chi connectivity index (χ0n) is 12.9. The topological polar surface area (TPSA) is 38.8 Å². The lowest BCUT2D eigenvalue weighted by Crippen LogP contribution is -2.33. The quantitative estimate of drug-likeness (QED) is 0.598. The Bertz CT molecular complexity index is 453. The van der Waals surface area contributed by atoms with Crippen LogP contribution in [0.1, 0.15) is 31.6 Å². The van der Waals surface area contributed by atoms with E-state index in [-0.39, 0.29) is 17.4 Å². The van der Waals surface area contributed by atoms with Crippen molar-refractivity contribution in [3.63, 3.8) is 0 Å². The minimum absolute atomic E-state index is 0.0467. The molecule has 1 heterocycles. The van der Waals surface area contributed by atoms with Crippen LogP contribution < -0.4 is 0 Å². The Kier molecular flexibility index (Phi) is 6.08. The van der Waals surface area contributed by atoms with E-state index in [1.165, 1.54) is 0 Å². The van der Waals surface area contributed by atoms with Gasteiger partial charge in [0.15, 0.2) is 6.29 Å². The van der Waals surface area contributed by atoms with Gasteiger partial charge in [-0.2, -0.15) is 0 Å². The third-order valence-corrected chi connectivity index (χ3v) is 4.76. The Balaban J connectivity index is 1.94. The third kappa shape index (κ3) is 4.22. The number of hydrogen-bond donors (Lipinski definition) is 0. The Morgan fingerprint density at radius 3 is 2.24 bits per heavy atom. The fourth-order valence-electron chi connectivity index (χ4n) is 2.52. The molecular formula is C16H23NO3S. The summed E-state index contributed by atoms with van der Waals surface area (Å²) < 4.78 is 10.4. The number of amides is 1. The van der Waals surface area contributed by atoms with E-state index in [0.717, 1.165) is 36.4 Å². The minimum atomic E-state index is -0.340. The molecule has 1 fully saturated rings. The number of carbonyl (C=O) groups is 1. The van der Waals surface area contributed by atoms with E-state index in [9.17, 15) is 4.79 Å². The molecule has 116 valence electrons. The van der Waals surface area contributed by atoms with Crippen LogP contribution in [0.3, 0.4) is 0 Å². The summed E-state index contributed by atoms with van der Waals surface area (Å²) in [6, 6.07) is 7.98. The van der Waals surface area contributed by atoms with Crippen LogP contribution in [0.5, 0.6) is 0 Å². The van der Waals surface area contributed by atoms with E-state index >= 15 is 0 Å². The van der Waals surface area contributed by atoms with E-state index in [2.05, 4.69) is 0 Å². The first-order valence-electron chi connectivity index (χ1n) is 7.26. The van der Waals surface area contributed by atoms with Gasteiger partial charge >= 0.3 is 0 Å². The second-order valence-corrected chi connectivity index (χ2v) is 6.58. The van der Waals surface area contributed by atoms with E-state index in [0.29, 0.717) is 0 Å². The van der Waals surface area contributed by atoms with Gasteiger partial charge in [0.1, 0.15) is 0 Å². The molecule has 1 aliphatic rings. The molecule has 0 spiro atoms. The zero-order valence-corrected chi connectivity index (χ0v) is 13.7. The standard InChI is InChI=1S/C16H23NO3S/c1-12(15(18)17-10-4-5-11-17)21-14-8-6-13(7-9-14)16(19-2)20-3/h6-9,12,16H,4-5,10-11H2,1-3H3. The van der Waals surface area contributed by atoms with Crippen LogP contribution in [0, 0.1) is 0 Å². The Labute approximate surface area is 130 Å². The summed E-state index contributed by atoms with van der Waals surface area (Å²) in [6.45, 7) is 3.80. The van der Waals surface area contributed by atoms with Gasteiger partial charge in [0.25, 0.3) is 0 Å². The summed E-state index contributed by atoms with van der Waals surface area (Å²) in [6.07, 6.45) is 1.92. The smallest absolute Gasteiger partial charge is 0.235 e. The molecule has 1 saturated heterocycles. The summed E-state index contributed by atoms with van der Waals surface area (Å²) in [5.41, 5.74) is 0.975. The molecule has 0 saturated carbocycles. The summed E-state index contributed by atoms with van der Waals surface area (Å²) in [5, 5.41) is -0.0467. The highest BCUT2D eigenvalue weighted by atomic mass is 32.2. The van der Waals surface area contributed by atoms with Crippen molar-refractivity contribution in [2.75, 3.05) is 27.3 Å². The van der Waals surface area contributed by atoms with Gasteiger partial charge in [0, 0.05) is 37.8 Å². The maximum absolute atomic E-state index is 12.3. The molecule has 0 aliphatic carbocycles. The Hall–Kier alpha value is -1.04. The molecule has 5 heteroatoms. The summed E-state index contributed by atoms with van der Waals surface area (Å²) in [5.74, 6) is 0.244. The van der Waals surface area contributed by atoms with Gasteiger partial charge in [-0.1, -0.05) is 12.1 Å². The van der Waals surface area contributed by atoms with Crippen LogP contribution >= 0.6 is 11.8 Å². The molecule has 1 atom stereocenters. The second-order valence-electron chi connectivity index (χ2n) is 5.16. The maximum atomic E-state index is 12.3. The highest BCUT2D eigenvalue weighted by Crippen LogP contribution is 2.27. The lowest BCUT2D eigenvalue weighted by atomic mass is 10.2. The molecule has 1 amide bonds. The molecule has 1 aromatic carbocycles. The molecule has 1 aromatic rings. The van der Waals surface area contributed by atoms with Gasteiger partial charge in [-0.15, -0.1) is 11.8 Å². The van der Waals surface area contributed by atoms with Crippen LogP contribution in [0.4, 0.5) is 0 Å². The Morgan fingerprint density at radius 2 is 1.71 bits per heavy atom. The first kappa shape index (κ1) is 16.3. The average molecular weight is 309 g/mol. The maximum Gasteiger partial charge on any atom is 0.235 e. The van der Waals surface area contributed by atoms with E-state index < -0.39 is 0 Å². The number of ether oxygens (including phenoxy) is 2. The summed E-state index contributed by atoms with van der Waals surface area (Å²) in [7, 11) is 3.24. The average Bonchev–Trinajstić information content (AvgIpc) is 3.03. The van der Waals surface area contributed by atoms with E-state index in [4.69, 9.17) is 9.47 Å². The number of hydrogen-bond acceptors (Lipinski definition) is 4. The lowest BCUT2D eigenvalue weighted by molar-refractivity contribution is -0.129. The number of thioether (sulfide) groups is 1. The molecule has 0 radical (unpaired) electrons. The largest absolute Gasteiger partial charge is 0.352 e. The number of benzene rings is 1. The molecule has 1 aliphatic heterocycles. The SMILES string of the molecule is COC(OC)c1ccc(SC(C)C(=O)N2CCCC2)cc1. The third-order valence-electron chi connectivity index (χ3n) is 3.66. The number of nitrogens with zero attached hydrogens (tertiary/aromatic N) is 1. The molecule has 0 aromatic heterocycles. The predicted molar refractivity (Wildman–Crippen MR) is 84.3 cm³/mol. The highest BCUT2D eigenvalue weighted by Gasteiger charge is 2.23. The number of carbonyl (C=O) groups excluding carboxylic acids is 1. The van der Waals surface area contributed by atoms with E-state index in [1.54, 1.807) is 26.0 Å². The van der Waals surface area contributed by atoms with Gasteiger partial charge in [-0.3, -0.25) is 4.79 Å². The van der Waals surface area contributed by atoms with Gasteiger partial charge in [-0.05, 0) is 31.9 Å². The van der Waals surface area contributed by atoms with Gasteiger partial charge in [0.2, 0.25) is 5.91 Å². The van der Waals surface area contributed by atoms with Gasteiger partial charge < -0.3 is 14.4 Å². The van der Waals surface area contributed by atoms with Crippen LogP contribution in [-0.4, -0.2) is 43.4 Å². The number of methoxy groups -OCH3 is 2. The summed E-state index contributed by atoms with van der Waals surface area (Å²) >= 11 is 1.60. The lowest BCUT2D eigenvalue weighted by Gasteiger charge is -2.20. The van der Waals surface area contributed by atoms with Crippen molar-refractivity contribution >= 4 is 17.7 Å². The van der Waals surface area contributed by atoms with Crippen molar-refractivity contribution in [2.24, 2.45) is 0 Å². The monoisotopic (exact) mass is 309 g/mol. The minimum Gasteiger partial charge on any atom is -0.352 e. The van der Waals surface area contributed by atoms with Crippen molar-refractivity contribution in [2.45, 2.75) is 36.2 Å². The predicted octanol–water partition coefficient (Wildman–Crippen LogP) is 3.08. The highest BCUT2D eigenvalue weighted by molar-refractivity contribution is 8.00. The first-order valence-corrected chi connectivity index (χ1v) is 8.14. The molecular weight excluding hydrogens is 286 g/mol. The van der Waals surface area contributed by atoms with Crippen LogP contribution in [0.25, 0.3) is 0 Å². The molecule has 4 nitrogen and oxygen atoms in total. The molecule has 0 bridgehead atoms. The second kappa shape index (κ2) is 7.82. The van der Waals surface area contributed by atoms with Crippen LogP contribution in [0.15, 0.2) is 29.2 Å². The molecule has 1 unspecified atom stereocenters. The fraction of sp³-hybridized carbons (Fsp3) is 0.562. The van der Waals surface area contributed by atoms with Gasteiger partial charge in [0.05, 0.1) is 5.25 Å². The molecule has 2 rings (SSSR count). The summed E-state index contributed by atoms with van der Waals surface area (Å²) in [4.78, 5) is 15.3. The van der Waals surface area contributed by atoms with Crippen molar-refractivity contribution in [1.82, 2.24) is 4.90 Å². The zero-order chi connectivity index (χ0) is 15.2. The van der Waals surface area contributed by atoms with Gasteiger partial charge in [-0.25, -0.2) is 0 Å². The number of rotatable bonds is 6. The van der Waals surface area contributed by atoms with Crippen LogP contribution in [0.2, 0.25) is 0 Å². The molecule has 21 heavy (non-hydrogen) atoms. The Morgan fingerprint density at radius 1 is 1.14 bits per heavy atom. The van der Waals surface area contributed by atoms with E-state index in [1.807, 2.05) is 36.1 Å². The normalized spacial score (nSPS) is 16.5. The van der Waals surface area contributed by atoms with Crippen LogP contribution in [-0.2, 0) is 14.3 Å². The first-order chi connectivity index (χ1) is 10.2. The van der Waals surface area contributed by atoms with Crippen molar-refractivity contribution in [3.8, 4) is 0 Å².